The van der Waals surface area contributed by atoms with Gasteiger partial charge in [-0.1, -0.05) is 17.8 Å². The number of carbonyl (C=O) groups excluding carboxylic acids is 2. The number of thiophene rings is 1. The lowest BCUT2D eigenvalue weighted by Gasteiger charge is -2.30. The van der Waals surface area contributed by atoms with Crippen LogP contribution in [0.15, 0.2) is 39.5 Å². The maximum absolute atomic E-state index is 12.6. The van der Waals surface area contributed by atoms with Crippen LogP contribution in [0.4, 0.5) is 0 Å². The van der Waals surface area contributed by atoms with Crippen LogP contribution >= 0.6 is 23.1 Å². The predicted molar refractivity (Wildman–Crippen MR) is 93.4 cm³/mol. The fourth-order valence-corrected chi connectivity index (χ4v) is 5.03. The topological polar surface area (TPSA) is 134 Å². The molecule has 1 aromatic rings. The SMILES string of the molecule is COC(=O)C1=C(N)N2C(=O)C(CC(=O)O)SC2=C(C#N)C1c1cccs1. The Labute approximate surface area is 156 Å². The second-order valence-electron chi connectivity index (χ2n) is 5.45. The number of allylic oxidation sites excluding steroid dienone is 1. The first-order valence-electron chi connectivity index (χ1n) is 7.38. The second kappa shape index (κ2) is 6.86. The molecule has 0 saturated carbocycles. The van der Waals surface area contributed by atoms with E-state index in [9.17, 15) is 19.6 Å². The van der Waals surface area contributed by atoms with Crippen LogP contribution < -0.4 is 5.73 Å². The van der Waals surface area contributed by atoms with Crippen molar-refractivity contribution in [2.24, 2.45) is 5.73 Å². The average Bonchev–Trinajstić information content (AvgIpc) is 3.23. The molecule has 2 aliphatic rings. The van der Waals surface area contributed by atoms with Crippen LogP contribution in [0.5, 0.6) is 0 Å². The van der Waals surface area contributed by atoms with E-state index in [0.29, 0.717) is 4.88 Å². The zero-order valence-corrected chi connectivity index (χ0v) is 15.1. The summed E-state index contributed by atoms with van der Waals surface area (Å²) >= 11 is 2.32. The lowest BCUT2D eigenvalue weighted by molar-refractivity contribution is -0.139. The Kier molecular flexibility index (Phi) is 4.76. The molecule has 0 radical (unpaired) electrons. The van der Waals surface area contributed by atoms with Gasteiger partial charge in [0.1, 0.15) is 11.1 Å². The number of ether oxygens (including phenoxy) is 1. The van der Waals surface area contributed by atoms with Gasteiger partial charge in [-0.2, -0.15) is 5.26 Å². The largest absolute Gasteiger partial charge is 0.481 e. The number of nitrogens with zero attached hydrogens (tertiary/aromatic N) is 2. The third kappa shape index (κ3) is 2.75. The van der Waals surface area contributed by atoms with Crippen molar-refractivity contribution >= 4 is 40.9 Å². The maximum Gasteiger partial charge on any atom is 0.338 e. The monoisotopic (exact) mass is 391 g/mol. The van der Waals surface area contributed by atoms with Crippen LogP contribution in [0.2, 0.25) is 0 Å². The number of nitriles is 1. The molecule has 26 heavy (non-hydrogen) atoms. The summed E-state index contributed by atoms with van der Waals surface area (Å²) in [5.41, 5.74) is 6.30. The summed E-state index contributed by atoms with van der Waals surface area (Å²) in [6.45, 7) is 0. The molecule has 0 bridgehead atoms. The molecule has 0 spiro atoms. The lowest BCUT2D eigenvalue weighted by Crippen LogP contribution is -2.39. The van der Waals surface area contributed by atoms with E-state index in [1.54, 1.807) is 17.5 Å². The molecule has 3 N–H and O–H groups in total. The molecule has 2 aliphatic heterocycles. The van der Waals surface area contributed by atoms with Crippen molar-refractivity contribution in [1.82, 2.24) is 4.90 Å². The fourth-order valence-electron chi connectivity index (χ4n) is 2.90. The highest BCUT2D eigenvalue weighted by atomic mass is 32.2. The van der Waals surface area contributed by atoms with Crippen molar-refractivity contribution in [2.45, 2.75) is 17.6 Å². The van der Waals surface area contributed by atoms with Crippen molar-refractivity contribution in [2.75, 3.05) is 7.11 Å². The molecule has 1 saturated heterocycles. The van der Waals surface area contributed by atoms with E-state index in [4.69, 9.17) is 15.6 Å². The summed E-state index contributed by atoms with van der Waals surface area (Å²) in [4.78, 5) is 37.8. The number of carboxylic acids is 1. The van der Waals surface area contributed by atoms with Gasteiger partial charge in [-0.05, 0) is 11.4 Å². The Bertz CT molecular complexity index is 897. The molecule has 8 nitrogen and oxygen atoms in total. The van der Waals surface area contributed by atoms with Gasteiger partial charge in [0.2, 0.25) is 5.91 Å². The number of carboxylic acid groups (broad SMARTS) is 1. The number of hydrogen-bond donors (Lipinski definition) is 2. The maximum atomic E-state index is 12.6. The molecule has 3 rings (SSSR count). The van der Waals surface area contributed by atoms with Gasteiger partial charge in [0, 0.05) is 4.88 Å². The fraction of sp³-hybridized carbons (Fsp3) is 0.250. The average molecular weight is 391 g/mol. The number of thioether (sulfide) groups is 1. The molecule has 134 valence electrons. The first-order valence-corrected chi connectivity index (χ1v) is 9.14. The zero-order chi connectivity index (χ0) is 19.0. The Morgan fingerprint density at radius 1 is 1.50 bits per heavy atom. The van der Waals surface area contributed by atoms with Crippen LogP contribution in [-0.2, 0) is 19.1 Å². The molecule has 1 fully saturated rings. The number of esters is 1. The first kappa shape index (κ1) is 18.0. The number of amides is 1. The Hall–Kier alpha value is -2.77. The minimum Gasteiger partial charge on any atom is -0.481 e. The molecule has 2 unspecified atom stereocenters. The molecule has 3 heterocycles. The Morgan fingerprint density at radius 2 is 2.23 bits per heavy atom. The van der Waals surface area contributed by atoms with E-state index < -0.39 is 35.4 Å². The molecular weight excluding hydrogens is 378 g/mol. The highest BCUT2D eigenvalue weighted by Gasteiger charge is 2.48. The lowest BCUT2D eigenvalue weighted by atomic mass is 9.87. The number of nitrogens with two attached hydrogens (primary N) is 1. The van der Waals surface area contributed by atoms with Crippen LogP contribution in [0.1, 0.15) is 17.2 Å². The van der Waals surface area contributed by atoms with Gasteiger partial charge in [0.15, 0.2) is 0 Å². The van der Waals surface area contributed by atoms with Gasteiger partial charge in [-0.15, -0.1) is 11.3 Å². The molecule has 1 amide bonds. The predicted octanol–water partition coefficient (Wildman–Crippen LogP) is 1.34. The number of methoxy groups -OCH3 is 1. The summed E-state index contributed by atoms with van der Waals surface area (Å²) < 4.78 is 4.81. The number of aliphatic carboxylic acids is 1. The van der Waals surface area contributed by atoms with Crippen LogP contribution in [-0.4, -0.2) is 40.2 Å². The standard InChI is InChI=1S/C16H13N3O5S2/c1-24-16(23)12-11(8-3-2-4-25-8)7(6-17)15-19(13(12)18)14(22)9(26-15)5-10(20)21/h2-4,9,11H,5,18H2,1H3,(H,20,21). The van der Waals surface area contributed by atoms with Crippen molar-refractivity contribution in [1.29, 1.82) is 5.26 Å². The molecular formula is C16H13N3O5S2. The third-order valence-corrected chi connectivity index (χ3v) is 6.21. The van der Waals surface area contributed by atoms with Gasteiger partial charge in [0.25, 0.3) is 0 Å². The number of fused-ring (bicyclic) bond motifs is 1. The summed E-state index contributed by atoms with van der Waals surface area (Å²) in [7, 11) is 1.19. The van der Waals surface area contributed by atoms with E-state index in [1.807, 2.05) is 0 Å². The quantitative estimate of drug-likeness (QED) is 0.735. The van der Waals surface area contributed by atoms with Crippen molar-refractivity contribution in [3.05, 3.63) is 44.4 Å². The van der Waals surface area contributed by atoms with Gasteiger partial charge >= 0.3 is 11.9 Å². The summed E-state index contributed by atoms with van der Waals surface area (Å²) in [6.07, 6.45) is -0.410. The van der Waals surface area contributed by atoms with Crippen LogP contribution in [0.3, 0.4) is 0 Å². The van der Waals surface area contributed by atoms with Crippen molar-refractivity contribution < 1.29 is 24.2 Å². The summed E-state index contributed by atoms with van der Waals surface area (Å²) in [5.74, 6) is -3.34. The number of carbonyl (C=O) groups is 3. The number of hydrogen-bond acceptors (Lipinski definition) is 8. The van der Waals surface area contributed by atoms with Gasteiger partial charge in [0.05, 0.1) is 41.7 Å². The minimum absolute atomic E-state index is 0.000162. The van der Waals surface area contributed by atoms with E-state index in [0.717, 1.165) is 16.7 Å². The second-order valence-corrected chi connectivity index (χ2v) is 7.62. The van der Waals surface area contributed by atoms with E-state index >= 15 is 0 Å². The van der Waals surface area contributed by atoms with Gasteiger partial charge in [-0.25, -0.2) is 4.79 Å². The van der Waals surface area contributed by atoms with E-state index in [-0.39, 0.29) is 22.0 Å². The zero-order valence-electron chi connectivity index (χ0n) is 13.5. The van der Waals surface area contributed by atoms with Crippen LogP contribution in [0, 0.1) is 11.3 Å². The highest BCUT2D eigenvalue weighted by Crippen LogP contribution is 2.50. The Balaban J connectivity index is 2.20. The Morgan fingerprint density at radius 3 is 2.77 bits per heavy atom. The summed E-state index contributed by atoms with van der Waals surface area (Å²) in [6, 6.07) is 5.60. The van der Waals surface area contributed by atoms with Crippen LogP contribution in [0.25, 0.3) is 0 Å². The minimum atomic E-state index is -1.14. The van der Waals surface area contributed by atoms with E-state index in [1.165, 1.54) is 18.4 Å². The molecule has 10 heteroatoms. The van der Waals surface area contributed by atoms with Crippen molar-refractivity contribution in [3.8, 4) is 6.07 Å². The molecule has 1 aromatic heterocycles. The number of rotatable bonds is 4. The third-order valence-electron chi connectivity index (χ3n) is 3.99. The molecule has 2 atom stereocenters. The molecule has 0 aromatic carbocycles. The highest BCUT2D eigenvalue weighted by molar-refractivity contribution is 8.04. The first-order chi connectivity index (χ1) is 12.4. The van der Waals surface area contributed by atoms with Gasteiger partial charge < -0.3 is 15.6 Å². The summed E-state index contributed by atoms with van der Waals surface area (Å²) in [5, 5.41) is 19.9. The smallest absolute Gasteiger partial charge is 0.338 e. The normalized spacial score (nSPS) is 22.3. The van der Waals surface area contributed by atoms with Gasteiger partial charge in [-0.3, -0.25) is 14.5 Å². The van der Waals surface area contributed by atoms with Crippen molar-refractivity contribution in [3.63, 3.8) is 0 Å². The van der Waals surface area contributed by atoms with E-state index in [2.05, 4.69) is 6.07 Å². The molecule has 0 aliphatic carbocycles.